The van der Waals surface area contributed by atoms with Gasteiger partial charge in [0.2, 0.25) is 0 Å². The maximum atomic E-state index is 7.86. The zero-order valence-electron chi connectivity index (χ0n) is 12.3. The van der Waals surface area contributed by atoms with Gasteiger partial charge in [-0.15, -0.1) is 11.3 Å². The molecule has 0 unspecified atom stereocenters. The third-order valence-corrected chi connectivity index (χ3v) is 5.09. The SMILES string of the molecule is CC(C)(C)c1c(C(=N)N)sc2nc3c(cc12)CCCC3. The predicted octanol–water partition coefficient (Wildman–Crippen LogP) is 3.76. The molecule has 106 valence electrons. The third-order valence-electron chi connectivity index (χ3n) is 3.96. The first-order chi connectivity index (χ1) is 9.38. The van der Waals surface area contributed by atoms with E-state index in [1.165, 1.54) is 35.0 Å². The highest BCUT2D eigenvalue weighted by atomic mass is 32.1. The maximum absolute atomic E-state index is 7.86. The number of pyridine rings is 1. The fraction of sp³-hybridized carbons (Fsp3) is 0.500. The van der Waals surface area contributed by atoms with E-state index in [1.807, 2.05) is 0 Å². The van der Waals surface area contributed by atoms with Crippen molar-refractivity contribution in [3.63, 3.8) is 0 Å². The number of rotatable bonds is 1. The minimum atomic E-state index is -0.0240. The average Bonchev–Trinajstić information content (AvgIpc) is 2.74. The predicted molar refractivity (Wildman–Crippen MR) is 86.0 cm³/mol. The fourth-order valence-electron chi connectivity index (χ4n) is 3.08. The molecule has 3 N–H and O–H groups in total. The van der Waals surface area contributed by atoms with Crippen LogP contribution in [0.15, 0.2) is 6.07 Å². The van der Waals surface area contributed by atoms with Crippen molar-refractivity contribution in [3.8, 4) is 0 Å². The Balaban J connectivity index is 2.33. The highest BCUT2D eigenvalue weighted by molar-refractivity contribution is 7.20. The van der Waals surface area contributed by atoms with Crippen LogP contribution in [0.2, 0.25) is 0 Å². The second-order valence-electron chi connectivity index (χ2n) is 6.62. The van der Waals surface area contributed by atoms with Crippen molar-refractivity contribution >= 4 is 27.4 Å². The number of thiophene rings is 1. The largest absolute Gasteiger partial charge is 0.383 e. The van der Waals surface area contributed by atoms with Gasteiger partial charge >= 0.3 is 0 Å². The first-order valence-corrected chi connectivity index (χ1v) is 8.00. The van der Waals surface area contributed by atoms with E-state index in [4.69, 9.17) is 16.1 Å². The normalized spacial score (nSPS) is 15.3. The summed E-state index contributed by atoms with van der Waals surface area (Å²) in [6, 6.07) is 2.31. The van der Waals surface area contributed by atoms with Crippen molar-refractivity contribution in [3.05, 3.63) is 27.8 Å². The van der Waals surface area contributed by atoms with E-state index in [9.17, 15) is 0 Å². The summed E-state index contributed by atoms with van der Waals surface area (Å²) in [5, 5.41) is 9.06. The minimum absolute atomic E-state index is 0.0240. The van der Waals surface area contributed by atoms with Gasteiger partial charge in [0.25, 0.3) is 0 Å². The summed E-state index contributed by atoms with van der Waals surface area (Å²) in [4.78, 5) is 6.79. The van der Waals surface area contributed by atoms with Crippen LogP contribution in [-0.2, 0) is 18.3 Å². The van der Waals surface area contributed by atoms with E-state index < -0.39 is 0 Å². The van der Waals surface area contributed by atoms with Crippen LogP contribution < -0.4 is 5.73 Å². The molecule has 0 saturated heterocycles. The molecule has 2 aromatic rings. The van der Waals surface area contributed by atoms with E-state index in [2.05, 4.69) is 26.8 Å². The number of nitrogens with one attached hydrogen (secondary N) is 1. The molecule has 0 aliphatic heterocycles. The van der Waals surface area contributed by atoms with Gasteiger partial charge in [0.05, 0.1) is 4.88 Å². The smallest absolute Gasteiger partial charge is 0.133 e. The van der Waals surface area contributed by atoms with Crippen LogP contribution in [0.1, 0.15) is 55.3 Å². The Bertz CT molecular complexity index is 692. The monoisotopic (exact) mass is 287 g/mol. The molecule has 0 radical (unpaired) electrons. The topological polar surface area (TPSA) is 62.8 Å². The Morgan fingerprint density at radius 2 is 2.00 bits per heavy atom. The van der Waals surface area contributed by atoms with Crippen molar-refractivity contribution in [1.82, 2.24) is 4.98 Å². The Hall–Kier alpha value is -1.42. The van der Waals surface area contributed by atoms with Gasteiger partial charge in [-0.1, -0.05) is 20.8 Å². The van der Waals surface area contributed by atoms with Crippen molar-refractivity contribution in [2.45, 2.75) is 51.9 Å². The Morgan fingerprint density at radius 3 is 2.65 bits per heavy atom. The number of hydrogen-bond acceptors (Lipinski definition) is 3. The molecule has 0 saturated carbocycles. The number of aryl methyl sites for hydroxylation is 2. The number of nitrogen functional groups attached to an aromatic ring is 1. The van der Waals surface area contributed by atoms with Crippen molar-refractivity contribution < 1.29 is 0 Å². The van der Waals surface area contributed by atoms with Crippen molar-refractivity contribution in [2.75, 3.05) is 0 Å². The lowest BCUT2D eigenvalue weighted by Gasteiger charge is -2.21. The summed E-state index contributed by atoms with van der Waals surface area (Å²) >= 11 is 1.57. The highest BCUT2D eigenvalue weighted by Crippen LogP contribution is 2.39. The lowest BCUT2D eigenvalue weighted by Crippen LogP contribution is -2.19. The number of hydrogen-bond donors (Lipinski definition) is 2. The van der Waals surface area contributed by atoms with Gasteiger partial charge in [0.15, 0.2) is 0 Å². The Morgan fingerprint density at radius 1 is 1.30 bits per heavy atom. The first kappa shape index (κ1) is 13.6. The van der Waals surface area contributed by atoms with E-state index in [1.54, 1.807) is 11.3 Å². The number of fused-ring (bicyclic) bond motifs is 2. The summed E-state index contributed by atoms with van der Waals surface area (Å²) in [5.74, 6) is 0.163. The van der Waals surface area contributed by atoms with Gasteiger partial charge < -0.3 is 5.73 Å². The summed E-state index contributed by atoms with van der Waals surface area (Å²) in [5.41, 5.74) is 9.60. The molecule has 0 bridgehead atoms. The summed E-state index contributed by atoms with van der Waals surface area (Å²) in [6.07, 6.45) is 4.72. The quantitative estimate of drug-likeness (QED) is 0.619. The molecule has 1 aliphatic rings. The fourth-order valence-corrected chi connectivity index (χ4v) is 4.32. The number of amidine groups is 1. The first-order valence-electron chi connectivity index (χ1n) is 7.18. The van der Waals surface area contributed by atoms with Crippen LogP contribution in [0.25, 0.3) is 10.2 Å². The van der Waals surface area contributed by atoms with E-state index in [0.717, 1.165) is 22.5 Å². The molecule has 20 heavy (non-hydrogen) atoms. The van der Waals surface area contributed by atoms with E-state index in [0.29, 0.717) is 0 Å². The maximum Gasteiger partial charge on any atom is 0.133 e. The summed E-state index contributed by atoms with van der Waals surface area (Å²) in [6.45, 7) is 6.54. The number of nitrogens with zero attached hydrogens (tertiary/aromatic N) is 1. The van der Waals surface area contributed by atoms with Crippen molar-refractivity contribution in [2.24, 2.45) is 5.73 Å². The lowest BCUT2D eigenvalue weighted by atomic mass is 9.84. The summed E-state index contributed by atoms with van der Waals surface area (Å²) in [7, 11) is 0. The molecule has 4 heteroatoms. The minimum Gasteiger partial charge on any atom is -0.383 e. The van der Waals surface area contributed by atoms with Crippen LogP contribution in [0.3, 0.4) is 0 Å². The second-order valence-corrected chi connectivity index (χ2v) is 7.62. The molecule has 2 heterocycles. The van der Waals surface area contributed by atoms with Crippen molar-refractivity contribution in [1.29, 1.82) is 5.41 Å². The van der Waals surface area contributed by atoms with Gasteiger partial charge in [-0.25, -0.2) is 4.98 Å². The molecule has 0 spiro atoms. The van der Waals surface area contributed by atoms with Gasteiger partial charge in [0, 0.05) is 11.1 Å². The molecule has 3 nitrogen and oxygen atoms in total. The van der Waals surface area contributed by atoms with Gasteiger partial charge in [-0.3, -0.25) is 5.41 Å². The van der Waals surface area contributed by atoms with Gasteiger partial charge in [0.1, 0.15) is 10.7 Å². The molecule has 3 rings (SSSR count). The molecule has 2 aromatic heterocycles. The molecule has 0 amide bonds. The average molecular weight is 287 g/mol. The van der Waals surface area contributed by atoms with Crippen LogP contribution in [-0.4, -0.2) is 10.8 Å². The van der Waals surface area contributed by atoms with Crippen LogP contribution in [0.5, 0.6) is 0 Å². The highest BCUT2D eigenvalue weighted by Gasteiger charge is 2.26. The van der Waals surface area contributed by atoms with Crippen LogP contribution >= 0.6 is 11.3 Å². The van der Waals surface area contributed by atoms with Crippen LogP contribution in [0.4, 0.5) is 0 Å². The third kappa shape index (κ3) is 2.12. The standard InChI is InChI=1S/C16H21N3S/c1-16(2,3)12-10-8-9-6-4-5-7-11(9)19-15(10)20-13(12)14(17)18/h8H,4-7H2,1-3H3,(H3,17,18). The molecule has 1 aliphatic carbocycles. The number of aromatic nitrogens is 1. The van der Waals surface area contributed by atoms with E-state index in [-0.39, 0.29) is 11.3 Å². The molecule has 0 fully saturated rings. The Kier molecular flexibility index (Phi) is 3.09. The van der Waals surface area contributed by atoms with Crippen LogP contribution in [0, 0.1) is 5.41 Å². The van der Waals surface area contributed by atoms with Gasteiger partial charge in [-0.2, -0.15) is 0 Å². The Labute approximate surface area is 123 Å². The van der Waals surface area contributed by atoms with E-state index >= 15 is 0 Å². The number of nitrogens with two attached hydrogens (primary N) is 1. The summed E-state index contributed by atoms with van der Waals surface area (Å²) < 4.78 is 0. The van der Waals surface area contributed by atoms with Gasteiger partial charge in [-0.05, 0) is 48.3 Å². The lowest BCUT2D eigenvalue weighted by molar-refractivity contribution is 0.596. The molecule has 0 atom stereocenters. The molecular formula is C16H21N3S. The second kappa shape index (κ2) is 4.55. The zero-order chi connectivity index (χ0) is 14.5. The zero-order valence-corrected chi connectivity index (χ0v) is 13.2. The molecule has 0 aromatic carbocycles. The molecular weight excluding hydrogens is 266 g/mol.